The molecule has 0 N–H and O–H groups in total. The molecule has 0 aliphatic heterocycles. The fourth-order valence-corrected chi connectivity index (χ4v) is 2.45. The lowest BCUT2D eigenvalue weighted by atomic mass is 10.2. The summed E-state index contributed by atoms with van der Waals surface area (Å²) >= 11 is 6.67. The smallest absolute Gasteiger partial charge is 0.268 e. The molecule has 0 fully saturated rings. The first-order valence-electron chi connectivity index (χ1n) is 5.57. The zero-order valence-corrected chi connectivity index (χ0v) is 13.7. The van der Waals surface area contributed by atoms with Gasteiger partial charge in [-0.25, -0.2) is 4.98 Å². The van der Waals surface area contributed by atoms with E-state index in [4.69, 9.17) is 4.74 Å². The molecule has 0 bridgehead atoms. The van der Waals surface area contributed by atoms with Crippen LogP contribution in [0.1, 0.15) is 11.3 Å². The largest absolute Gasteiger partial charge is 0.496 e. The molecule has 6 heteroatoms. The van der Waals surface area contributed by atoms with Gasteiger partial charge in [0, 0.05) is 10.0 Å². The van der Waals surface area contributed by atoms with Crippen LogP contribution in [-0.2, 0) is 6.54 Å². The van der Waals surface area contributed by atoms with Gasteiger partial charge >= 0.3 is 0 Å². The van der Waals surface area contributed by atoms with Crippen molar-refractivity contribution in [2.75, 3.05) is 7.11 Å². The van der Waals surface area contributed by atoms with Gasteiger partial charge in [0.1, 0.15) is 10.2 Å². The summed E-state index contributed by atoms with van der Waals surface area (Å²) in [7, 11) is 1.61. The zero-order chi connectivity index (χ0) is 14.0. The summed E-state index contributed by atoms with van der Waals surface area (Å²) < 4.78 is 8.27. The molecular weight excluding hydrogens is 376 g/mol. The van der Waals surface area contributed by atoms with Crippen LogP contribution in [0.2, 0.25) is 0 Å². The molecule has 19 heavy (non-hydrogen) atoms. The van der Waals surface area contributed by atoms with Crippen molar-refractivity contribution < 1.29 is 4.74 Å². The zero-order valence-electron chi connectivity index (χ0n) is 10.5. The molecule has 0 radical (unpaired) electrons. The quantitative estimate of drug-likeness (QED) is 0.812. The Morgan fingerprint density at radius 1 is 1.37 bits per heavy atom. The maximum atomic E-state index is 12.1. The Hall–Kier alpha value is -1.14. The molecule has 0 unspecified atom stereocenters. The number of ether oxygens (including phenoxy) is 1. The third-order valence-corrected chi connectivity index (χ3v) is 4.15. The van der Waals surface area contributed by atoms with Crippen LogP contribution in [0.4, 0.5) is 0 Å². The highest BCUT2D eigenvalue weighted by molar-refractivity contribution is 9.10. The predicted molar refractivity (Wildman–Crippen MR) is 80.7 cm³/mol. The maximum Gasteiger partial charge on any atom is 0.268 e. The predicted octanol–water partition coefficient (Wildman–Crippen LogP) is 3.13. The minimum Gasteiger partial charge on any atom is -0.496 e. The molecule has 1 heterocycles. The second-order valence-electron chi connectivity index (χ2n) is 4.03. The number of hydrogen-bond acceptors (Lipinski definition) is 3. The molecule has 0 saturated carbocycles. The molecule has 0 saturated heterocycles. The molecule has 0 spiro atoms. The Balaban J connectivity index is 2.44. The van der Waals surface area contributed by atoms with Crippen LogP contribution in [0.5, 0.6) is 5.75 Å². The number of hydrogen-bond donors (Lipinski definition) is 0. The van der Waals surface area contributed by atoms with E-state index in [1.807, 2.05) is 18.2 Å². The first-order valence-corrected chi connectivity index (χ1v) is 7.15. The second-order valence-corrected chi connectivity index (χ2v) is 5.74. The van der Waals surface area contributed by atoms with Gasteiger partial charge in [-0.1, -0.05) is 15.9 Å². The van der Waals surface area contributed by atoms with Gasteiger partial charge in [0.05, 0.1) is 25.7 Å². The van der Waals surface area contributed by atoms with Crippen molar-refractivity contribution in [3.63, 3.8) is 0 Å². The standard InChI is InChI=1S/C13H12Br2N2O2/c1-8-12(15)13(18)17(7-16-8)6-9-5-10(14)3-4-11(9)19-2/h3-5,7H,6H2,1-2H3. The molecule has 2 aromatic rings. The van der Waals surface area contributed by atoms with Crippen molar-refractivity contribution >= 4 is 31.9 Å². The molecule has 0 aliphatic carbocycles. The Labute approximate surface area is 127 Å². The van der Waals surface area contributed by atoms with Gasteiger partial charge in [0.15, 0.2) is 0 Å². The third-order valence-electron chi connectivity index (χ3n) is 2.74. The number of aryl methyl sites for hydroxylation is 1. The van der Waals surface area contributed by atoms with Gasteiger partial charge in [0.25, 0.3) is 5.56 Å². The van der Waals surface area contributed by atoms with Crippen LogP contribution in [0.15, 0.2) is 38.3 Å². The summed E-state index contributed by atoms with van der Waals surface area (Å²) in [4.78, 5) is 16.3. The molecule has 1 aromatic carbocycles. The minimum atomic E-state index is -0.102. The van der Waals surface area contributed by atoms with E-state index in [0.717, 1.165) is 15.8 Å². The van der Waals surface area contributed by atoms with Crippen molar-refractivity contribution in [1.82, 2.24) is 9.55 Å². The van der Waals surface area contributed by atoms with Gasteiger partial charge < -0.3 is 4.74 Å². The van der Waals surface area contributed by atoms with Crippen LogP contribution in [0.25, 0.3) is 0 Å². The van der Waals surface area contributed by atoms with Crippen molar-refractivity contribution in [3.05, 3.63) is 55.1 Å². The van der Waals surface area contributed by atoms with Crippen LogP contribution >= 0.6 is 31.9 Å². The SMILES string of the molecule is COc1ccc(Br)cc1Cn1cnc(C)c(Br)c1=O. The Kier molecular flexibility index (Phi) is 4.42. The lowest BCUT2D eigenvalue weighted by Crippen LogP contribution is -2.22. The van der Waals surface area contributed by atoms with Gasteiger partial charge in [0.2, 0.25) is 0 Å². The summed E-state index contributed by atoms with van der Waals surface area (Å²) in [5, 5.41) is 0. The number of halogens is 2. The van der Waals surface area contributed by atoms with Crippen molar-refractivity contribution in [3.8, 4) is 5.75 Å². The van der Waals surface area contributed by atoms with E-state index in [1.54, 1.807) is 24.9 Å². The molecular formula is C13H12Br2N2O2. The highest BCUT2D eigenvalue weighted by Gasteiger charge is 2.09. The lowest BCUT2D eigenvalue weighted by Gasteiger charge is -2.11. The molecule has 0 amide bonds. The monoisotopic (exact) mass is 386 g/mol. The van der Waals surface area contributed by atoms with Gasteiger partial charge in [-0.15, -0.1) is 0 Å². The van der Waals surface area contributed by atoms with E-state index < -0.39 is 0 Å². The Morgan fingerprint density at radius 2 is 2.11 bits per heavy atom. The molecule has 4 nitrogen and oxygen atoms in total. The van der Waals surface area contributed by atoms with E-state index in [-0.39, 0.29) is 5.56 Å². The van der Waals surface area contributed by atoms with Crippen LogP contribution < -0.4 is 10.3 Å². The summed E-state index contributed by atoms with van der Waals surface area (Å²) in [5.74, 6) is 0.742. The molecule has 100 valence electrons. The lowest BCUT2D eigenvalue weighted by molar-refractivity contribution is 0.408. The molecule has 0 aliphatic rings. The van der Waals surface area contributed by atoms with E-state index in [2.05, 4.69) is 36.8 Å². The summed E-state index contributed by atoms with van der Waals surface area (Å²) in [6.07, 6.45) is 1.54. The van der Waals surface area contributed by atoms with Gasteiger partial charge in [-0.3, -0.25) is 9.36 Å². The number of benzene rings is 1. The van der Waals surface area contributed by atoms with Gasteiger partial charge in [-0.05, 0) is 41.1 Å². The van der Waals surface area contributed by atoms with Crippen molar-refractivity contribution in [1.29, 1.82) is 0 Å². The number of methoxy groups -OCH3 is 1. The van der Waals surface area contributed by atoms with Gasteiger partial charge in [-0.2, -0.15) is 0 Å². The topological polar surface area (TPSA) is 44.1 Å². The first kappa shape index (κ1) is 14.3. The van der Waals surface area contributed by atoms with Crippen LogP contribution in [0, 0.1) is 6.92 Å². The van der Waals surface area contributed by atoms with E-state index >= 15 is 0 Å². The molecule has 2 rings (SSSR count). The first-order chi connectivity index (χ1) is 9.02. The number of nitrogens with zero attached hydrogens (tertiary/aromatic N) is 2. The average Bonchev–Trinajstić information content (AvgIpc) is 2.40. The minimum absolute atomic E-state index is 0.102. The van der Waals surface area contributed by atoms with E-state index in [0.29, 0.717) is 16.7 Å². The fourth-order valence-electron chi connectivity index (χ4n) is 1.71. The van der Waals surface area contributed by atoms with Crippen LogP contribution in [-0.4, -0.2) is 16.7 Å². The summed E-state index contributed by atoms with van der Waals surface area (Å²) in [6, 6.07) is 5.69. The Morgan fingerprint density at radius 3 is 2.79 bits per heavy atom. The highest BCUT2D eigenvalue weighted by atomic mass is 79.9. The average molecular weight is 388 g/mol. The third kappa shape index (κ3) is 3.06. The summed E-state index contributed by atoms with van der Waals surface area (Å²) in [5.41, 5.74) is 1.49. The van der Waals surface area contributed by atoms with E-state index in [1.165, 1.54) is 0 Å². The maximum absolute atomic E-state index is 12.1. The normalized spacial score (nSPS) is 10.5. The summed E-state index contributed by atoms with van der Waals surface area (Å²) in [6.45, 7) is 2.20. The number of rotatable bonds is 3. The van der Waals surface area contributed by atoms with Crippen LogP contribution in [0.3, 0.4) is 0 Å². The highest BCUT2D eigenvalue weighted by Crippen LogP contribution is 2.23. The second kappa shape index (κ2) is 5.88. The molecule has 1 aromatic heterocycles. The van der Waals surface area contributed by atoms with Crippen molar-refractivity contribution in [2.45, 2.75) is 13.5 Å². The fraction of sp³-hybridized carbons (Fsp3) is 0.231. The Bertz CT molecular complexity index is 668. The van der Waals surface area contributed by atoms with Crippen molar-refractivity contribution in [2.24, 2.45) is 0 Å². The molecule has 0 atom stereocenters. The van der Waals surface area contributed by atoms with E-state index in [9.17, 15) is 4.79 Å². The number of aromatic nitrogens is 2.